The molecule has 3 aromatic rings. The van der Waals surface area contributed by atoms with Gasteiger partial charge in [0.1, 0.15) is 4.60 Å². The normalized spacial score (nSPS) is 15.4. The smallest absolute Gasteiger partial charge is 0.253 e. The second-order valence-corrected chi connectivity index (χ2v) is 7.18. The van der Waals surface area contributed by atoms with E-state index < -0.39 is 0 Å². The number of anilines is 2. The lowest BCUT2D eigenvalue weighted by atomic mass is 10.1. The molecule has 0 spiro atoms. The fourth-order valence-corrected chi connectivity index (χ4v) is 3.41. The van der Waals surface area contributed by atoms with E-state index in [1.165, 1.54) is 0 Å². The van der Waals surface area contributed by atoms with Gasteiger partial charge >= 0.3 is 0 Å². The number of piperazine rings is 1. The van der Waals surface area contributed by atoms with Gasteiger partial charge in [0.15, 0.2) is 11.5 Å². The summed E-state index contributed by atoms with van der Waals surface area (Å²) >= 11 is 3.41. The van der Waals surface area contributed by atoms with Gasteiger partial charge in [-0.25, -0.2) is 9.97 Å². The Labute approximate surface area is 159 Å². The highest BCUT2D eigenvalue weighted by Gasteiger charge is 2.20. The molecule has 8 heteroatoms. The number of hydrogen-bond acceptors (Lipinski definition) is 5. The summed E-state index contributed by atoms with van der Waals surface area (Å²) in [5.74, 6) is 0.739. The van der Waals surface area contributed by atoms with Gasteiger partial charge < -0.3 is 19.5 Å². The van der Waals surface area contributed by atoms with E-state index in [0.717, 1.165) is 37.5 Å². The summed E-state index contributed by atoms with van der Waals surface area (Å²) in [6.07, 6.45) is 5.45. The standard InChI is InChI=1S/C18H19BrN6O/c1-23-8-10-24(11-9-23)18(26)13-2-4-14(5-3-13)21-16-17-20-6-7-25(17)12-15(19)22-16/h2-7,12H,8-11H2,1H3,(H,21,22). The van der Waals surface area contributed by atoms with Crippen molar-refractivity contribution in [2.24, 2.45) is 0 Å². The molecular weight excluding hydrogens is 396 g/mol. The molecule has 1 N–H and O–H groups in total. The Morgan fingerprint density at radius 3 is 2.62 bits per heavy atom. The van der Waals surface area contributed by atoms with Crippen LogP contribution in [-0.4, -0.2) is 63.3 Å². The topological polar surface area (TPSA) is 65.8 Å². The summed E-state index contributed by atoms with van der Waals surface area (Å²) in [6.45, 7) is 3.38. The van der Waals surface area contributed by atoms with Gasteiger partial charge in [0, 0.05) is 56.0 Å². The van der Waals surface area contributed by atoms with Crippen molar-refractivity contribution in [2.45, 2.75) is 0 Å². The van der Waals surface area contributed by atoms with E-state index in [-0.39, 0.29) is 5.91 Å². The summed E-state index contributed by atoms with van der Waals surface area (Å²) in [4.78, 5) is 25.5. The molecule has 1 saturated heterocycles. The van der Waals surface area contributed by atoms with Crippen molar-refractivity contribution in [1.29, 1.82) is 0 Å². The Hall–Kier alpha value is -2.45. The molecule has 0 radical (unpaired) electrons. The van der Waals surface area contributed by atoms with Gasteiger partial charge in [0.05, 0.1) is 0 Å². The van der Waals surface area contributed by atoms with Crippen LogP contribution in [0.25, 0.3) is 5.65 Å². The molecule has 1 aromatic carbocycles. The number of aromatic nitrogens is 3. The molecular formula is C18H19BrN6O. The number of fused-ring (bicyclic) bond motifs is 1. The third kappa shape index (κ3) is 3.42. The third-order valence-electron chi connectivity index (χ3n) is 4.53. The largest absolute Gasteiger partial charge is 0.337 e. The van der Waals surface area contributed by atoms with Crippen LogP contribution in [0.2, 0.25) is 0 Å². The number of halogens is 1. The van der Waals surface area contributed by atoms with Gasteiger partial charge in [-0.1, -0.05) is 0 Å². The van der Waals surface area contributed by atoms with Crippen molar-refractivity contribution in [2.75, 3.05) is 38.5 Å². The summed E-state index contributed by atoms with van der Waals surface area (Å²) in [5.41, 5.74) is 2.30. The summed E-state index contributed by atoms with van der Waals surface area (Å²) < 4.78 is 2.61. The number of nitrogens with zero attached hydrogens (tertiary/aromatic N) is 5. The Morgan fingerprint density at radius 1 is 1.15 bits per heavy atom. The Morgan fingerprint density at radius 2 is 1.88 bits per heavy atom. The first-order chi connectivity index (χ1) is 12.6. The minimum Gasteiger partial charge on any atom is -0.337 e. The van der Waals surface area contributed by atoms with Gasteiger partial charge in [-0.3, -0.25) is 4.79 Å². The van der Waals surface area contributed by atoms with Crippen LogP contribution >= 0.6 is 15.9 Å². The molecule has 1 amide bonds. The highest BCUT2D eigenvalue weighted by atomic mass is 79.9. The van der Waals surface area contributed by atoms with Crippen molar-refractivity contribution < 1.29 is 4.79 Å². The van der Waals surface area contributed by atoms with Crippen molar-refractivity contribution in [3.8, 4) is 0 Å². The van der Waals surface area contributed by atoms with Crippen LogP contribution in [0.3, 0.4) is 0 Å². The highest BCUT2D eigenvalue weighted by Crippen LogP contribution is 2.22. The number of carbonyl (C=O) groups is 1. The average molecular weight is 415 g/mol. The highest BCUT2D eigenvalue weighted by molar-refractivity contribution is 9.10. The molecule has 0 unspecified atom stereocenters. The van der Waals surface area contributed by atoms with Crippen LogP contribution in [0.5, 0.6) is 0 Å². The van der Waals surface area contributed by atoms with Crippen molar-refractivity contribution in [3.63, 3.8) is 0 Å². The van der Waals surface area contributed by atoms with Crippen LogP contribution in [0, 0.1) is 0 Å². The number of carbonyl (C=O) groups excluding carboxylic acids is 1. The number of nitrogens with one attached hydrogen (secondary N) is 1. The molecule has 4 rings (SSSR count). The number of hydrogen-bond donors (Lipinski definition) is 1. The third-order valence-corrected chi connectivity index (χ3v) is 4.91. The maximum atomic E-state index is 12.6. The van der Waals surface area contributed by atoms with Gasteiger partial charge in [-0.2, -0.15) is 0 Å². The van der Waals surface area contributed by atoms with Crippen LogP contribution < -0.4 is 5.32 Å². The zero-order valence-corrected chi connectivity index (χ0v) is 16.0. The van der Waals surface area contributed by atoms with E-state index in [0.29, 0.717) is 16.0 Å². The fraction of sp³-hybridized carbons (Fsp3) is 0.278. The summed E-state index contributed by atoms with van der Waals surface area (Å²) in [5, 5.41) is 3.27. The van der Waals surface area contributed by atoms with E-state index in [9.17, 15) is 4.79 Å². The van der Waals surface area contributed by atoms with E-state index >= 15 is 0 Å². The second-order valence-electron chi connectivity index (χ2n) is 6.37. The molecule has 0 saturated carbocycles. The number of benzene rings is 1. The molecule has 2 aromatic heterocycles. The zero-order valence-electron chi connectivity index (χ0n) is 14.4. The maximum Gasteiger partial charge on any atom is 0.253 e. The van der Waals surface area contributed by atoms with E-state index in [2.05, 4.69) is 43.2 Å². The van der Waals surface area contributed by atoms with Gasteiger partial charge in [0.2, 0.25) is 0 Å². The predicted octanol–water partition coefficient (Wildman–Crippen LogP) is 2.62. The van der Waals surface area contributed by atoms with Crippen molar-refractivity contribution in [1.82, 2.24) is 24.2 Å². The molecule has 3 heterocycles. The zero-order chi connectivity index (χ0) is 18.1. The summed E-state index contributed by atoms with van der Waals surface area (Å²) in [6, 6.07) is 7.49. The SMILES string of the molecule is CN1CCN(C(=O)c2ccc(Nc3nc(Br)cn4ccnc34)cc2)CC1. The Bertz CT molecular complexity index is 931. The van der Waals surface area contributed by atoms with Crippen LogP contribution in [0.15, 0.2) is 47.5 Å². The quantitative estimate of drug-likeness (QED) is 0.713. The van der Waals surface area contributed by atoms with Gasteiger partial charge in [-0.05, 0) is 47.2 Å². The Kier molecular flexibility index (Phi) is 4.60. The molecule has 1 aliphatic heterocycles. The number of amides is 1. The molecule has 134 valence electrons. The molecule has 0 bridgehead atoms. The van der Waals surface area contributed by atoms with Crippen molar-refractivity contribution in [3.05, 3.63) is 53.0 Å². The molecule has 1 fully saturated rings. The number of rotatable bonds is 3. The van der Waals surface area contributed by atoms with Crippen LogP contribution in [0.1, 0.15) is 10.4 Å². The second kappa shape index (κ2) is 7.05. The molecule has 1 aliphatic rings. The molecule has 0 aliphatic carbocycles. The minimum atomic E-state index is 0.0841. The lowest BCUT2D eigenvalue weighted by Gasteiger charge is -2.32. The van der Waals surface area contributed by atoms with Crippen LogP contribution in [0.4, 0.5) is 11.5 Å². The molecule has 0 atom stereocenters. The summed E-state index contributed by atoms with van der Waals surface area (Å²) in [7, 11) is 2.08. The number of likely N-dealkylation sites (N-methyl/N-ethyl adjacent to an activating group) is 1. The van der Waals surface area contributed by atoms with Crippen molar-refractivity contribution >= 4 is 39.0 Å². The number of imidazole rings is 1. The predicted molar refractivity (Wildman–Crippen MR) is 104 cm³/mol. The van der Waals surface area contributed by atoms with E-state index in [4.69, 9.17) is 0 Å². The first-order valence-corrected chi connectivity index (χ1v) is 9.23. The lowest BCUT2D eigenvalue weighted by molar-refractivity contribution is 0.0664. The monoisotopic (exact) mass is 414 g/mol. The average Bonchev–Trinajstić information content (AvgIpc) is 3.11. The van der Waals surface area contributed by atoms with Crippen LogP contribution in [-0.2, 0) is 0 Å². The Balaban J connectivity index is 1.51. The maximum absolute atomic E-state index is 12.6. The molecule has 7 nitrogen and oxygen atoms in total. The van der Waals surface area contributed by atoms with Gasteiger partial charge in [0.25, 0.3) is 5.91 Å². The fourth-order valence-electron chi connectivity index (χ4n) is 3.01. The minimum absolute atomic E-state index is 0.0841. The lowest BCUT2D eigenvalue weighted by Crippen LogP contribution is -2.47. The molecule has 26 heavy (non-hydrogen) atoms. The first-order valence-electron chi connectivity index (χ1n) is 8.44. The van der Waals surface area contributed by atoms with E-state index in [1.54, 1.807) is 6.20 Å². The van der Waals surface area contributed by atoms with Gasteiger partial charge in [-0.15, -0.1) is 0 Å². The van der Waals surface area contributed by atoms with E-state index in [1.807, 2.05) is 46.0 Å². The first kappa shape index (κ1) is 17.0.